The molecule has 1 heterocycles. The molecule has 0 bridgehead atoms. The SMILES string of the molecule is CCC1=C(O)N=C(OC(C)C)N[CH]1. The minimum atomic E-state index is 0.0388. The van der Waals surface area contributed by atoms with Crippen molar-refractivity contribution in [2.24, 2.45) is 4.99 Å². The summed E-state index contributed by atoms with van der Waals surface area (Å²) in [7, 11) is 0. The smallest absolute Gasteiger partial charge is 0.293 e. The van der Waals surface area contributed by atoms with Gasteiger partial charge in [-0.2, -0.15) is 4.99 Å². The van der Waals surface area contributed by atoms with E-state index in [-0.39, 0.29) is 12.0 Å². The molecule has 13 heavy (non-hydrogen) atoms. The third-order valence-corrected chi connectivity index (χ3v) is 1.59. The number of nitrogens with zero attached hydrogens (tertiary/aromatic N) is 1. The maximum Gasteiger partial charge on any atom is 0.293 e. The van der Waals surface area contributed by atoms with Gasteiger partial charge in [-0.3, -0.25) is 0 Å². The zero-order valence-corrected chi connectivity index (χ0v) is 8.16. The second kappa shape index (κ2) is 4.16. The molecule has 0 amide bonds. The Balaban J connectivity index is 2.66. The van der Waals surface area contributed by atoms with Gasteiger partial charge in [-0.25, -0.2) is 0 Å². The molecule has 0 atom stereocenters. The lowest BCUT2D eigenvalue weighted by Crippen LogP contribution is -2.30. The van der Waals surface area contributed by atoms with Crippen LogP contribution in [0.2, 0.25) is 0 Å². The highest BCUT2D eigenvalue weighted by Crippen LogP contribution is 2.13. The second-order valence-electron chi connectivity index (χ2n) is 3.07. The summed E-state index contributed by atoms with van der Waals surface area (Å²) in [6.07, 6.45) is 0.799. The topological polar surface area (TPSA) is 53.9 Å². The fourth-order valence-corrected chi connectivity index (χ4v) is 0.957. The van der Waals surface area contributed by atoms with Crippen molar-refractivity contribution in [3.63, 3.8) is 0 Å². The first-order chi connectivity index (χ1) is 6.13. The second-order valence-corrected chi connectivity index (χ2v) is 3.07. The molecule has 2 N–H and O–H groups in total. The molecule has 0 unspecified atom stereocenters. The van der Waals surface area contributed by atoms with Gasteiger partial charge in [0.05, 0.1) is 12.6 Å². The number of nitrogens with one attached hydrogen (secondary N) is 1. The molecule has 0 spiro atoms. The van der Waals surface area contributed by atoms with Crippen LogP contribution in [0.1, 0.15) is 27.2 Å². The molecule has 0 aromatic heterocycles. The summed E-state index contributed by atoms with van der Waals surface area (Å²) in [5.41, 5.74) is 0.788. The lowest BCUT2D eigenvalue weighted by atomic mass is 10.2. The van der Waals surface area contributed by atoms with E-state index >= 15 is 0 Å². The summed E-state index contributed by atoms with van der Waals surface area (Å²) in [4.78, 5) is 3.86. The number of hydrogen-bond donors (Lipinski definition) is 2. The van der Waals surface area contributed by atoms with Gasteiger partial charge in [0.25, 0.3) is 6.02 Å². The van der Waals surface area contributed by atoms with Gasteiger partial charge in [0, 0.05) is 5.57 Å². The van der Waals surface area contributed by atoms with E-state index in [1.807, 2.05) is 20.8 Å². The predicted molar refractivity (Wildman–Crippen MR) is 51.0 cm³/mol. The van der Waals surface area contributed by atoms with Crippen molar-refractivity contribution >= 4 is 6.02 Å². The van der Waals surface area contributed by atoms with Crippen molar-refractivity contribution in [1.82, 2.24) is 5.32 Å². The molecule has 1 aliphatic heterocycles. The Morgan fingerprint density at radius 2 is 2.31 bits per heavy atom. The van der Waals surface area contributed by atoms with Crippen molar-refractivity contribution in [1.29, 1.82) is 0 Å². The molecular formula is C9H15N2O2. The number of aliphatic imine (C=N–C) groups is 1. The van der Waals surface area contributed by atoms with Crippen LogP contribution in [-0.2, 0) is 4.74 Å². The Kier molecular flexibility index (Phi) is 3.17. The maximum atomic E-state index is 9.39. The summed E-state index contributed by atoms with van der Waals surface area (Å²) < 4.78 is 5.27. The van der Waals surface area contributed by atoms with E-state index < -0.39 is 0 Å². The first-order valence-electron chi connectivity index (χ1n) is 4.40. The number of hydrogen-bond acceptors (Lipinski definition) is 4. The van der Waals surface area contributed by atoms with Gasteiger partial charge in [-0.05, 0) is 20.3 Å². The van der Waals surface area contributed by atoms with E-state index in [1.54, 1.807) is 6.54 Å². The standard InChI is InChI=1S/C9H15N2O2/c1-4-7-5-10-9(11-8(7)12)13-6(2)3/h5-6,12H,4H2,1-3H3,(H,10,11). The molecule has 4 heteroatoms. The van der Waals surface area contributed by atoms with Crippen molar-refractivity contribution in [2.75, 3.05) is 0 Å². The van der Waals surface area contributed by atoms with E-state index in [4.69, 9.17) is 4.74 Å². The van der Waals surface area contributed by atoms with Gasteiger partial charge in [0.15, 0.2) is 0 Å². The highest BCUT2D eigenvalue weighted by atomic mass is 16.5. The maximum absolute atomic E-state index is 9.39. The van der Waals surface area contributed by atoms with E-state index in [0.717, 1.165) is 12.0 Å². The van der Waals surface area contributed by atoms with E-state index in [9.17, 15) is 5.11 Å². The van der Waals surface area contributed by atoms with Crippen LogP contribution >= 0.6 is 0 Å². The van der Waals surface area contributed by atoms with Crippen LogP contribution < -0.4 is 5.32 Å². The molecule has 1 radical (unpaired) electrons. The van der Waals surface area contributed by atoms with Crippen molar-refractivity contribution in [2.45, 2.75) is 33.3 Å². The number of ether oxygens (including phenoxy) is 1. The molecule has 0 aliphatic carbocycles. The molecule has 1 rings (SSSR count). The number of rotatable bonds is 2. The van der Waals surface area contributed by atoms with E-state index in [0.29, 0.717) is 6.02 Å². The van der Waals surface area contributed by atoms with Crippen LogP contribution in [0.4, 0.5) is 0 Å². The highest BCUT2D eigenvalue weighted by molar-refractivity contribution is 5.77. The monoisotopic (exact) mass is 183 g/mol. The average molecular weight is 183 g/mol. The van der Waals surface area contributed by atoms with Crippen molar-refractivity contribution in [3.05, 3.63) is 18.0 Å². The molecule has 1 aliphatic rings. The van der Waals surface area contributed by atoms with Crippen molar-refractivity contribution in [3.8, 4) is 0 Å². The van der Waals surface area contributed by atoms with Gasteiger partial charge < -0.3 is 15.2 Å². The zero-order chi connectivity index (χ0) is 9.84. The Bertz CT molecular complexity index is 244. The summed E-state index contributed by atoms with van der Waals surface area (Å²) in [6.45, 7) is 7.47. The molecule has 0 saturated heterocycles. The summed E-state index contributed by atoms with van der Waals surface area (Å²) in [6, 6.07) is 0.352. The molecule has 0 aromatic carbocycles. The minimum absolute atomic E-state index is 0.0388. The van der Waals surface area contributed by atoms with Crippen LogP contribution in [0.5, 0.6) is 0 Å². The lowest BCUT2D eigenvalue weighted by Gasteiger charge is -2.18. The van der Waals surface area contributed by atoms with Crippen molar-refractivity contribution < 1.29 is 9.84 Å². The molecule has 73 valence electrons. The molecule has 0 aromatic rings. The molecular weight excluding hydrogens is 168 g/mol. The zero-order valence-electron chi connectivity index (χ0n) is 8.16. The Morgan fingerprint density at radius 3 is 2.77 bits per heavy atom. The van der Waals surface area contributed by atoms with Gasteiger partial charge in [-0.15, -0.1) is 0 Å². The first kappa shape index (κ1) is 9.89. The first-order valence-corrected chi connectivity index (χ1v) is 4.40. The van der Waals surface area contributed by atoms with Gasteiger partial charge in [-0.1, -0.05) is 6.92 Å². The largest absolute Gasteiger partial charge is 0.493 e. The molecule has 0 fully saturated rings. The fourth-order valence-electron chi connectivity index (χ4n) is 0.957. The minimum Gasteiger partial charge on any atom is -0.493 e. The lowest BCUT2D eigenvalue weighted by molar-refractivity contribution is 0.214. The Morgan fingerprint density at radius 1 is 1.62 bits per heavy atom. The third-order valence-electron chi connectivity index (χ3n) is 1.59. The predicted octanol–water partition coefficient (Wildman–Crippen LogP) is 1.71. The number of amidine groups is 1. The van der Waals surface area contributed by atoms with E-state index in [1.165, 1.54) is 0 Å². The van der Waals surface area contributed by atoms with E-state index in [2.05, 4.69) is 10.3 Å². The Labute approximate surface area is 78.3 Å². The summed E-state index contributed by atoms with van der Waals surface area (Å²) in [5.74, 6) is 0.0388. The number of aliphatic hydroxyl groups is 1. The third kappa shape index (κ3) is 2.65. The highest BCUT2D eigenvalue weighted by Gasteiger charge is 2.14. The summed E-state index contributed by atoms with van der Waals surface area (Å²) in [5, 5.41) is 12.3. The quantitative estimate of drug-likeness (QED) is 0.685. The van der Waals surface area contributed by atoms with Crippen LogP contribution in [0.15, 0.2) is 16.4 Å². The summed E-state index contributed by atoms with van der Waals surface area (Å²) >= 11 is 0. The van der Waals surface area contributed by atoms with Gasteiger partial charge >= 0.3 is 0 Å². The van der Waals surface area contributed by atoms with Crippen LogP contribution in [0, 0.1) is 6.54 Å². The fraction of sp³-hybridized carbons (Fsp3) is 0.556. The van der Waals surface area contributed by atoms with Crippen LogP contribution in [-0.4, -0.2) is 17.2 Å². The van der Waals surface area contributed by atoms with Crippen LogP contribution in [0.25, 0.3) is 0 Å². The van der Waals surface area contributed by atoms with Crippen LogP contribution in [0.3, 0.4) is 0 Å². The average Bonchev–Trinajstić information content (AvgIpc) is 2.03. The normalized spacial score (nSPS) is 17.1. The van der Waals surface area contributed by atoms with Gasteiger partial charge in [0.1, 0.15) is 0 Å². The number of aliphatic hydroxyl groups excluding tert-OH is 1. The molecule has 4 nitrogen and oxygen atoms in total. The van der Waals surface area contributed by atoms with Gasteiger partial charge in [0.2, 0.25) is 5.88 Å². The molecule has 0 saturated carbocycles. The Hall–Kier alpha value is -1.19.